The number of piperidine rings is 1. The van der Waals surface area contributed by atoms with Gasteiger partial charge >= 0.3 is 0 Å². The maximum Gasteiger partial charge on any atom is 0.0511 e. The van der Waals surface area contributed by atoms with Crippen LogP contribution in [-0.2, 0) is 0 Å². The van der Waals surface area contributed by atoms with E-state index in [2.05, 4.69) is 37.8 Å². The van der Waals surface area contributed by atoms with Gasteiger partial charge in [-0.05, 0) is 49.9 Å². The Morgan fingerprint density at radius 1 is 1.30 bits per heavy atom. The van der Waals surface area contributed by atoms with Crippen LogP contribution in [0, 0.1) is 5.41 Å². The van der Waals surface area contributed by atoms with Gasteiger partial charge in [0.15, 0.2) is 0 Å². The van der Waals surface area contributed by atoms with E-state index < -0.39 is 0 Å². The average molecular weight is 295 g/mol. The molecule has 2 rings (SSSR count). The molecule has 2 atom stereocenters. The number of hydrogen-bond acceptors (Lipinski definition) is 2. The van der Waals surface area contributed by atoms with Crippen LogP contribution in [0.2, 0.25) is 5.02 Å². The van der Waals surface area contributed by atoms with E-state index in [-0.39, 0.29) is 12.1 Å². The number of hydrogen-bond donors (Lipinski definition) is 1. The molecular weight excluding hydrogens is 268 g/mol. The lowest BCUT2D eigenvalue weighted by Crippen LogP contribution is -2.45. The first-order valence-electron chi connectivity index (χ1n) is 7.71. The Hall–Kier alpha value is -0.570. The van der Waals surface area contributed by atoms with Crippen molar-refractivity contribution in [3.05, 3.63) is 34.9 Å². The fourth-order valence-electron chi connectivity index (χ4n) is 3.22. The average Bonchev–Trinajstić information content (AvgIpc) is 2.43. The van der Waals surface area contributed by atoms with Crippen LogP contribution in [0.4, 0.5) is 0 Å². The van der Waals surface area contributed by atoms with Crippen molar-refractivity contribution in [2.24, 2.45) is 11.1 Å². The van der Waals surface area contributed by atoms with Crippen LogP contribution < -0.4 is 5.73 Å². The molecule has 1 fully saturated rings. The first-order chi connectivity index (χ1) is 9.47. The summed E-state index contributed by atoms with van der Waals surface area (Å²) in [6.07, 6.45) is 3.75. The fraction of sp³-hybridized carbons (Fsp3) is 0.647. The molecule has 0 aromatic heterocycles. The van der Waals surface area contributed by atoms with Crippen LogP contribution in [0.15, 0.2) is 24.3 Å². The number of nitrogens with zero attached hydrogens (tertiary/aromatic N) is 1. The minimum atomic E-state index is 0.0842. The van der Waals surface area contributed by atoms with Crippen LogP contribution in [-0.4, -0.2) is 24.0 Å². The molecule has 20 heavy (non-hydrogen) atoms. The van der Waals surface area contributed by atoms with Gasteiger partial charge in [0.2, 0.25) is 0 Å². The van der Waals surface area contributed by atoms with Gasteiger partial charge in [0.1, 0.15) is 0 Å². The molecule has 1 aliphatic rings. The fourth-order valence-corrected chi connectivity index (χ4v) is 3.47. The van der Waals surface area contributed by atoms with E-state index in [4.69, 9.17) is 17.3 Å². The third kappa shape index (κ3) is 3.36. The summed E-state index contributed by atoms with van der Waals surface area (Å²) in [4.78, 5) is 2.52. The molecule has 0 spiro atoms. The molecule has 0 bridgehead atoms. The highest BCUT2D eigenvalue weighted by Crippen LogP contribution is 2.38. The Balaban J connectivity index is 2.18. The number of halogens is 1. The summed E-state index contributed by atoms with van der Waals surface area (Å²) in [5, 5.41) is 0.832. The smallest absolute Gasteiger partial charge is 0.0511 e. The van der Waals surface area contributed by atoms with E-state index in [0.717, 1.165) is 18.1 Å². The van der Waals surface area contributed by atoms with E-state index in [1.165, 1.54) is 24.8 Å². The zero-order valence-corrected chi connectivity index (χ0v) is 13.7. The van der Waals surface area contributed by atoms with Gasteiger partial charge in [-0.2, -0.15) is 0 Å². The predicted octanol–water partition coefficient (Wildman–Crippen LogP) is 4.24. The molecule has 1 aliphatic heterocycles. The minimum Gasteiger partial charge on any atom is -0.326 e. The second-order valence-electron chi connectivity index (χ2n) is 6.53. The topological polar surface area (TPSA) is 29.3 Å². The maximum atomic E-state index is 6.38. The van der Waals surface area contributed by atoms with Crippen LogP contribution >= 0.6 is 11.6 Å². The number of nitrogens with two attached hydrogens (primary N) is 1. The maximum absolute atomic E-state index is 6.38. The number of rotatable bonds is 4. The van der Waals surface area contributed by atoms with Crippen molar-refractivity contribution in [1.29, 1.82) is 0 Å². The number of likely N-dealkylation sites (tertiary alicyclic amines) is 1. The second kappa shape index (κ2) is 6.46. The third-order valence-electron chi connectivity index (χ3n) is 4.97. The molecule has 1 aromatic carbocycles. The molecule has 0 radical (unpaired) electrons. The molecule has 0 aliphatic carbocycles. The van der Waals surface area contributed by atoms with Gasteiger partial charge in [-0.1, -0.05) is 50.1 Å². The van der Waals surface area contributed by atoms with Gasteiger partial charge in [0, 0.05) is 11.1 Å². The van der Waals surface area contributed by atoms with Crippen molar-refractivity contribution in [1.82, 2.24) is 4.90 Å². The largest absolute Gasteiger partial charge is 0.326 e. The van der Waals surface area contributed by atoms with Crippen LogP contribution in [0.5, 0.6) is 0 Å². The lowest BCUT2D eigenvalue weighted by atomic mass is 9.77. The Labute approximate surface area is 128 Å². The van der Waals surface area contributed by atoms with E-state index in [9.17, 15) is 0 Å². The number of benzene rings is 1. The van der Waals surface area contributed by atoms with Crippen molar-refractivity contribution in [2.45, 2.75) is 52.1 Å². The Morgan fingerprint density at radius 2 is 1.90 bits per heavy atom. The first kappa shape index (κ1) is 15.8. The standard InChI is InChI=1S/C17H27ClN2/c1-4-17(3)9-11-20(12-10-17)16(13(2)19)14-7-5-6-8-15(14)18/h5-8,13,16H,4,9-12,19H2,1-3H3. The highest BCUT2D eigenvalue weighted by Gasteiger charge is 2.33. The van der Waals surface area contributed by atoms with E-state index in [1.54, 1.807) is 0 Å². The first-order valence-corrected chi connectivity index (χ1v) is 8.09. The summed E-state index contributed by atoms with van der Waals surface area (Å²) in [6, 6.07) is 8.42. The van der Waals surface area contributed by atoms with Gasteiger partial charge in [0.25, 0.3) is 0 Å². The lowest BCUT2D eigenvalue weighted by molar-refractivity contribution is 0.0722. The third-order valence-corrected chi connectivity index (χ3v) is 5.32. The molecule has 2 unspecified atom stereocenters. The van der Waals surface area contributed by atoms with E-state index in [1.807, 2.05) is 12.1 Å². The van der Waals surface area contributed by atoms with Crippen molar-refractivity contribution in [2.75, 3.05) is 13.1 Å². The monoisotopic (exact) mass is 294 g/mol. The van der Waals surface area contributed by atoms with Gasteiger partial charge in [-0.15, -0.1) is 0 Å². The molecule has 2 N–H and O–H groups in total. The van der Waals surface area contributed by atoms with Gasteiger partial charge in [-0.3, -0.25) is 4.90 Å². The van der Waals surface area contributed by atoms with Gasteiger partial charge in [-0.25, -0.2) is 0 Å². The quantitative estimate of drug-likeness (QED) is 0.900. The van der Waals surface area contributed by atoms with Crippen LogP contribution in [0.25, 0.3) is 0 Å². The highest BCUT2D eigenvalue weighted by molar-refractivity contribution is 6.31. The summed E-state index contributed by atoms with van der Waals surface area (Å²) < 4.78 is 0. The molecule has 112 valence electrons. The predicted molar refractivity (Wildman–Crippen MR) is 87.0 cm³/mol. The SMILES string of the molecule is CCC1(C)CCN(C(c2ccccc2Cl)C(C)N)CC1. The molecule has 3 heteroatoms. The van der Waals surface area contributed by atoms with E-state index in [0.29, 0.717) is 5.41 Å². The Morgan fingerprint density at radius 3 is 2.40 bits per heavy atom. The van der Waals surface area contributed by atoms with E-state index >= 15 is 0 Å². The molecule has 1 aromatic rings. The molecule has 1 saturated heterocycles. The Bertz CT molecular complexity index is 436. The zero-order valence-electron chi connectivity index (χ0n) is 12.9. The molecule has 0 saturated carbocycles. The summed E-state index contributed by atoms with van der Waals surface area (Å²) in [7, 11) is 0. The summed E-state index contributed by atoms with van der Waals surface area (Å²) >= 11 is 6.38. The van der Waals surface area contributed by atoms with Crippen molar-refractivity contribution in [3.63, 3.8) is 0 Å². The molecular formula is C17H27ClN2. The van der Waals surface area contributed by atoms with Crippen molar-refractivity contribution < 1.29 is 0 Å². The second-order valence-corrected chi connectivity index (χ2v) is 6.93. The molecule has 0 amide bonds. The van der Waals surface area contributed by atoms with Crippen molar-refractivity contribution in [3.8, 4) is 0 Å². The molecule has 2 nitrogen and oxygen atoms in total. The lowest BCUT2D eigenvalue weighted by Gasteiger charge is -2.44. The Kier molecular flexibility index (Phi) is 5.11. The van der Waals surface area contributed by atoms with Crippen molar-refractivity contribution >= 4 is 11.6 Å². The molecule has 1 heterocycles. The normalized spacial score (nSPS) is 22.4. The van der Waals surface area contributed by atoms with Gasteiger partial charge < -0.3 is 5.73 Å². The summed E-state index contributed by atoms with van der Waals surface area (Å²) in [5.41, 5.74) is 7.94. The van der Waals surface area contributed by atoms with Crippen LogP contribution in [0.3, 0.4) is 0 Å². The van der Waals surface area contributed by atoms with Crippen LogP contribution in [0.1, 0.15) is 51.6 Å². The minimum absolute atomic E-state index is 0.0842. The highest BCUT2D eigenvalue weighted by atomic mass is 35.5. The zero-order chi connectivity index (χ0) is 14.8. The van der Waals surface area contributed by atoms with Gasteiger partial charge in [0.05, 0.1) is 6.04 Å². The summed E-state index contributed by atoms with van der Waals surface area (Å²) in [5.74, 6) is 0. The summed E-state index contributed by atoms with van der Waals surface area (Å²) in [6.45, 7) is 9.01.